The zero-order chi connectivity index (χ0) is 39.5. The minimum absolute atomic E-state index is 0.0462. The molecule has 0 spiro atoms. The molecule has 0 unspecified atom stereocenters. The minimum Gasteiger partial charge on any atom is -0.481 e. The molecular formula is C35H24F13NO4. The Morgan fingerprint density at radius 3 is 1.83 bits per heavy atom. The second kappa shape index (κ2) is 15.4. The van der Waals surface area contributed by atoms with Crippen molar-refractivity contribution >= 4 is 11.9 Å². The summed E-state index contributed by atoms with van der Waals surface area (Å²) >= 11 is 0. The number of aliphatic carboxylic acids is 1. The Morgan fingerprint density at radius 1 is 0.698 bits per heavy atom. The number of carboxylic acid groups (broad SMARTS) is 1. The van der Waals surface area contributed by atoms with E-state index >= 15 is 4.39 Å². The lowest BCUT2D eigenvalue weighted by Crippen LogP contribution is -2.49. The largest absolute Gasteiger partial charge is 0.481 e. The van der Waals surface area contributed by atoms with E-state index in [1.54, 1.807) is 0 Å². The first kappa shape index (κ1) is 40.5. The lowest BCUT2D eigenvalue weighted by atomic mass is 9.76. The van der Waals surface area contributed by atoms with Crippen LogP contribution in [0.25, 0.3) is 0 Å². The summed E-state index contributed by atoms with van der Waals surface area (Å²) in [7, 11) is 0. The van der Waals surface area contributed by atoms with Gasteiger partial charge in [0.15, 0.2) is 0 Å². The SMILES string of the molecule is O=C(O)CCCc1ccc(C[C@@](NC(=O)c2ccc(F)c(C(F)(F)F)c2)(c2cc(F)cc(OC(F)(F)C(F)F)c2)c2ccc(F)c(C(F)(F)F)c2)cc1. The Balaban J connectivity index is 2.01. The fourth-order valence-corrected chi connectivity index (χ4v) is 5.36. The zero-order valence-corrected chi connectivity index (χ0v) is 26.5. The lowest BCUT2D eigenvalue weighted by molar-refractivity contribution is -0.253. The molecule has 2 N–H and O–H groups in total. The molecule has 53 heavy (non-hydrogen) atoms. The van der Waals surface area contributed by atoms with E-state index in [0.717, 1.165) is 0 Å². The van der Waals surface area contributed by atoms with E-state index in [1.807, 2.05) is 0 Å². The third-order valence-corrected chi connectivity index (χ3v) is 7.85. The number of aryl methyl sites for hydroxylation is 1. The van der Waals surface area contributed by atoms with Crippen molar-refractivity contribution in [1.29, 1.82) is 0 Å². The number of amides is 1. The van der Waals surface area contributed by atoms with Gasteiger partial charge in [0.25, 0.3) is 5.91 Å². The molecule has 4 rings (SSSR count). The predicted octanol–water partition coefficient (Wildman–Crippen LogP) is 9.70. The van der Waals surface area contributed by atoms with Gasteiger partial charge in [0.2, 0.25) is 0 Å². The molecule has 18 heteroatoms. The van der Waals surface area contributed by atoms with E-state index in [2.05, 4.69) is 10.1 Å². The maximum atomic E-state index is 15.2. The fourth-order valence-electron chi connectivity index (χ4n) is 5.36. The number of carbonyl (C=O) groups excluding carboxylic acids is 1. The third-order valence-electron chi connectivity index (χ3n) is 7.85. The number of ether oxygens (including phenoxy) is 1. The Bertz CT molecular complexity index is 1960. The number of halogens is 13. The summed E-state index contributed by atoms with van der Waals surface area (Å²) in [5.74, 6) is -9.20. The van der Waals surface area contributed by atoms with Crippen molar-refractivity contribution in [3.63, 3.8) is 0 Å². The van der Waals surface area contributed by atoms with Crippen molar-refractivity contribution in [2.24, 2.45) is 0 Å². The summed E-state index contributed by atoms with van der Waals surface area (Å²) in [5.41, 5.74) is -8.53. The van der Waals surface area contributed by atoms with Crippen LogP contribution in [0.4, 0.5) is 57.1 Å². The number of nitrogens with one attached hydrogen (secondary N) is 1. The van der Waals surface area contributed by atoms with Gasteiger partial charge in [-0.1, -0.05) is 30.3 Å². The van der Waals surface area contributed by atoms with Gasteiger partial charge in [-0.15, -0.1) is 0 Å². The van der Waals surface area contributed by atoms with Crippen LogP contribution in [0, 0.1) is 17.5 Å². The third kappa shape index (κ3) is 9.78. The molecule has 0 saturated carbocycles. The molecule has 0 radical (unpaired) electrons. The predicted molar refractivity (Wildman–Crippen MR) is 160 cm³/mol. The Kier molecular flexibility index (Phi) is 11.7. The summed E-state index contributed by atoms with van der Waals surface area (Å²) in [6.45, 7) is 0. The summed E-state index contributed by atoms with van der Waals surface area (Å²) < 4.78 is 185. The molecule has 0 aromatic heterocycles. The van der Waals surface area contributed by atoms with Gasteiger partial charge in [-0.3, -0.25) is 9.59 Å². The Labute approximate surface area is 291 Å². The number of alkyl halides is 10. The topological polar surface area (TPSA) is 75.6 Å². The number of carbonyl (C=O) groups is 2. The molecular weight excluding hydrogens is 745 g/mol. The molecule has 1 atom stereocenters. The molecule has 0 bridgehead atoms. The number of hydrogen-bond donors (Lipinski definition) is 2. The van der Waals surface area contributed by atoms with E-state index in [9.17, 15) is 62.3 Å². The van der Waals surface area contributed by atoms with Crippen LogP contribution >= 0.6 is 0 Å². The van der Waals surface area contributed by atoms with Crippen LogP contribution < -0.4 is 10.1 Å². The highest BCUT2D eigenvalue weighted by molar-refractivity contribution is 5.95. The van der Waals surface area contributed by atoms with Crippen LogP contribution in [0.1, 0.15) is 56.6 Å². The molecule has 0 aliphatic rings. The van der Waals surface area contributed by atoms with Crippen LogP contribution in [0.3, 0.4) is 0 Å². The summed E-state index contributed by atoms with van der Waals surface area (Å²) in [5, 5.41) is 11.1. The molecule has 0 aliphatic carbocycles. The quantitative estimate of drug-likeness (QED) is 0.133. The number of hydrogen-bond acceptors (Lipinski definition) is 3. The number of rotatable bonds is 13. The minimum atomic E-state index is -5.43. The van der Waals surface area contributed by atoms with Gasteiger partial charge in [-0.2, -0.15) is 43.9 Å². The Hall–Kier alpha value is -5.29. The van der Waals surface area contributed by atoms with Crippen molar-refractivity contribution in [3.05, 3.63) is 135 Å². The van der Waals surface area contributed by atoms with Crippen molar-refractivity contribution in [3.8, 4) is 5.75 Å². The van der Waals surface area contributed by atoms with E-state index < -0.39 is 99.7 Å². The van der Waals surface area contributed by atoms with Crippen molar-refractivity contribution in [2.75, 3.05) is 0 Å². The van der Waals surface area contributed by atoms with E-state index in [-0.39, 0.29) is 55.2 Å². The van der Waals surface area contributed by atoms with Gasteiger partial charge < -0.3 is 15.2 Å². The summed E-state index contributed by atoms with van der Waals surface area (Å²) in [6, 6.07) is 8.55. The molecule has 1 amide bonds. The first-order valence-electron chi connectivity index (χ1n) is 15.0. The van der Waals surface area contributed by atoms with Crippen LogP contribution in [0.2, 0.25) is 0 Å². The standard InChI is InChI=1S/C35H24F13NO4/c36-23-13-22(14-24(16-23)53-35(47,48)31(39)40)32(21-9-11-28(38)26(15-21)34(44,45)46,17-19-6-4-18(5-7-19)2-1-3-29(50)51)49-30(52)20-8-10-27(37)25(12-20)33(41,42)43/h4-16,31H,1-3,17H2,(H,49,52)(H,50,51)/t32-/m0/s1. The van der Waals surface area contributed by atoms with E-state index in [1.165, 1.54) is 24.3 Å². The van der Waals surface area contributed by atoms with Crippen molar-refractivity contribution in [1.82, 2.24) is 5.32 Å². The lowest BCUT2D eigenvalue weighted by Gasteiger charge is -2.37. The van der Waals surface area contributed by atoms with Gasteiger partial charge in [0, 0.05) is 24.5 Å². The van der Waals surface area contributed by atoms with Crippen LogP contribution in [0.5, 0.6) is 5.75 Å². The monoisotopic (exact) mass is 769 g/mol. The second-order valence-electron chi connectivity index (χ2n) is 11.6. The highest BCUT2D eigenvalue weighted by Gasteiger charge is 2.46. The molecule has 5 nitrogen and oxygen atoms in total. The maximum Gasteiger partial charge on any atom is 0.461 e. The smallest absolute Gasteiger partial charge is 0.461 e. The first-order valence-corrected chi connectivity index (χ1v) is 15.0. The average molecular weight is 770 g/mol. The van der Waals surface area contributed by atoms with E-state index in [0.29, 0.717) is 29.8 Å². The summed E-state index contributed by atoms with van der Waals surface area (Å²) in [6.07, 6.45) is -21.1. The van der Waals surface area contributed by atoms with E-state index in [4.69, 9.17) is 5.11 Å². The molecule has 0 heterocycles. The van der Waals surface area contributed by atoms with Crippen molar-refractivity contribution < 1.29 is 76.5 Å². The van der Waals surface area contributed by atoms with Gasteiger partial charge in [-0.25, -0.2) is 13.2 Å². The molecule has 0 fully saturated rings. The van der Waals surface area contributed by atoms with Crippen LogP contribution in [-0.4, -0.2) is 29.5 Å². The van der Waals surface area contributed by atoms with Crippen LogP contribution in [0.15, 0.2) is 78.9 Å². The van der Waals surface area contributed by atoms with Gasteiger partial charge in [0.1, 0.15) is 23.2 Å². The zero-order valence-electron chi connectivity index (χ0n) is 26.5. The maximum absolute atomic E-state index is 15.2. The molecule has 4 aromatic carbocycles. The molecule has 4 aromatic rings. The molecule has 0 saturated heterocycles. The normalized spacial score (nSPS) is 13.5. The highest BCUT2D eigenvalue weighted by atomic mass is 19.4. The number of carboxylic acids is 1. The average Bonchev–Trinajstić information content (AvgIpc) is 3.03. The summed E-state index contributed by atoms with van der Waals surface area (Å²) in [4.78, 5) is 24.7. The van der Waals surface area contributed by atoms with Gasteiger partial charge in [0.05, 0.1) is 16.7 Å². The second-order valence-corrected chi connectivity index (χ2v) is 11.6. The number of benzene rings is 4. The highest BCUT2D eigenvalue weighted by Crippen LogP contribution is 2.41. The molecule has 0 aliphatic heterocycles. The van der Waals surface area contributed by atoms with Crippen LogP contribution in [-0.2, 0) is 35.5 Å². The van der Waals surface area contributed by atoms with Crippen molar-refractivity contribution in [2.45, 2.75) is 56.1 Å². The van der Waals surface area contributed by atoms with Gasteiger partial charge in [-0.05, 0) is 77.6 Å². The van der Waals surface area contributed by atoms with Gasteiger partial charge >= 0.3 is 30.9 Å². The molecule has 284 valence electrons. The fraction of sp³-hybridized carbons (Fsp3) is 0.257. The first-order chi connectivity index (χ1) is 24.5. The Morgan fingerprint density at radius 2 is 1.26 bits per heavy atom.